The Labute approximate surface area is 172 Å². The Hall–Kier alpha value is -2.34. The third kappa shape index (κ3) is 3.65. The summed E-state index contributed by atoms with van der Waals surface area (Å²) in [7, 11) is 0. The zero-order valence-electron chi connectivity index (χ0n) is 15.5. The van der Waals surface area contributed by atoms with Gasteiger partial charge in [0.2, 0.25) is 11.8 Å². The van der Waals surface area contributed by atoms with Crippen molar-refractivity contribution in [2.75, 3.05) is 18.4 Å². The summed E-state index contributed by atoms with van der Waals surface area (Å²) < 4.78 is 1.01. The van der Waals surface area contributed by atoms with E-state index in [1.54, 1.807) is 24.3 Å². The van der Waals surface area contributed by atoms with Crippen LogP contribution >= 0.6 is 15.9 Å². The van der Waals surface area contributed by atoms with Crippen LogP contribution in [-0.2, 0) is 15.0 Å². The van der Waals surface area contributed by atoms with Crippen molar-refractivity contribution in [3.8, 4) is 5.75 Å². The Bertz CT molecular complexity index is 885. The Morgan fingerprint density at radius 3 is 2.29 bits per heavy atom. The summed E-state index contributed by atoms with van der Waals surface area (Å²) in [6, 6.07) is 14.7. The number of piperidine rings is 1. The number of likely N-dealkylation sites (tertiary alicyclic amines) is 1. The van der Waals surface area contributed by atoms with Crippen molar-refractivity contribution >= 4 is 33.4 Å². The molecule has 28 heavy (non-hydrogen) atoms. The molecule has 2 aromatic carbocycles. The molecule has 2 aliphatic rings. The quantitative estimate of drug-likeness (QED) is 0.701. The number of aromatic hydroxyl groups is 1. The first kappa shape index (κ1) is 19.0. The number of halogens is 1. The minimum Gasteiger partial charge on any atom is -0.506 e. The van der Waals surface area contributed by atoms with E-state index in [9.17, 15) is 14.7 Å². The van der Waals surface area contributed by atoms with Crippen molar-refractivity contribution in [3.05, 3.63) is 58.6 Å². The number of nitrogens with one attached hydrogen (secondary N) is 1. The number of hydrogen-bond acceptors (Lipinski definition) is 3. The third-order valence-electron chi connectivity index (χ3n) is 5.87. The lowest BCUT2D eigenvalue weighted by molar-refractivity contribution is -0.137. The van der Waals surface area contributed by atoms with Crippen LogP contribution in [0.1, 0.15) is 31.2 Å². The fourth-order valence-corrected chi connectivity index (χ4v) is 4.25. The number of amides is 2. The lowest BCUT2D eigenvalue weighted by atomic mass is 9.91. The van der Waals surface area contributed by atoms with Gasteiger partial charge in [0.05, 0.1) is 11.1 Å². The molecule has 0 spiro atoms. The lowest BCUT2D eigenvalue weighted by Crippen LogP contribution is -2.45. The molecule has 1 saturated carbocycles. The highest BCUT2D eigenvalue weighted by atomic mass is 79.9. The average Bonchev–Trinajstić information content (AvgIpc) is 3.52. The molecule has 6 heteroatoms. The normalized spacial score (nSPS) is 18.5. The Morgan fingerprint density at radius 2 is 1.68 bits per heavy atom. The smallest absolute Gasteiger partial charge is 0.233 e. The molecule has 0 aromatic heterocycles. The molecule has 1 saturated heterocycles. The van der Waals surface area contributed by atoms with Gasteiger partial charge in [-0.3, -0.25) is 9.59 Å². The molecule has 2 aromatic rings. The van der Waals surface area contributed by atoms with Gasteiger partial charge in [-0.2, -0.15) is 0 Å². The van der Waals surface area contributed by atoms with Gasteiger partial charge >= 0.3 is 0 Å². The molecule has 5 nitrogen and oxygen atoms in total. The van der Waals surface area contributed by atoms with Crippen LogP contribution in [0.5, 0.6) is 5.75 Å². The predicted molar refractivity (Wildman–Crippen MR) is 111 cm³/mol. The molecule has 1 heterocycles. The maximum Gasteiger partial charge on any atom is 0.233 e. The van der Waals surface area contributed by atoms with Gasteiger partial charge in [0, 0.05) is 23.5 Å². The van der Waals surface area contributed by atoms with Crippen molar-refractivity contribution in [1.29, 1.82) is 0 Å². The van der Waals surface area contributed by atoms with Crippen LogP contribution in [0, 0.1) is 5.92 Å². The highest BCUT2D eigenvalue weighted by Gasteiger charge is 2.53. The molecule has 2 amide bonds. The zero-order chi connectivity index (χ0) is 19.7. The third-order valence-corrected chi connectivity index (χ3v) is 6.40. The summed E-state index contributed by atoms with van der Waals surface area (Å²) in [5.41, 5.74) is 1.14. The minimum atomic E-state index is -0.369. The van der Waals surface area contributed by atoms with Crippen molar-refractivity contribution in [3.63, 3.8) is 0 Å². The van der Waals surface area contributed by atoms with E-state index in [-0.39, 0.29) is 28.9 Å². The van der Waals surface area contributed by atoms with E-state index >= 15 is 0 Å². The zero-order valence-corrected chi connectivity index (χ0v) is 17.1. The largest absolute Gasteiger partial charge is 0.506 e. The minimum absolute atomic E-state index is 0.0636. The first-order chi connectivity index (χ1) is 13.5. The molecule has 2 N–H and O–H groups in total. The molecule has 146 valence electrons. The molecule has 2 fully saturated rings. The highest BCUT2D eigenvalue weighted by molar-refractivity contribution is 9.10. The number of carbonyl (C=O) groups excluding carboxylic acids is 2. The van der Waals surface area contributed by atoms with E-state index in [2.05, 4.69) is 21.2 Å². The van der Waals surface area contributed by atoms with Crippen molar-refractivity contribution < 1.29 is 14.7 Å². The first-order valence-electron chi connectivity index (χ1n) is 9.64. The van der Waals surface area contributed by atoms with Gasteiger partial charge < -0.3 is 15.3 Å². The molecule has 0 atom stereocenters. The molecule has 1 aliphatic heterocycles. The fourth-order valence-electron chi connectivity index (χ4n) is 3.98. The lowest BCUT2D eigenvalue weighted by Gasteiger charge is -2.34. The van der Waals surface area contributed by atoms with Crippen molar-refractivity contribution in [2.45, 2.75) is 31.1 Å². The standard InChI is InChI=1S/C22H23BrN2O3/c23-17-7-5-16(6-8-17)22(11-12-22)21(28)25-13-9-15(10-14-25)20(27)24-18-3-1-2-4-19(18)26/h1-8,15,26H,9-14H2,(H,24,27). The van der Waals surface area contributed by atoms with E-state index in [0.717, 1.165) is 22.9 Å². The van der Waals surface area contributed by atoms with Crippen molar-refractivity contribution in [2.24, 2.45) is 5.92 Å². The van der Waals surface area contributed by atoms with Crippen LogP contribution in [0.25, 0.3) is 0 Å². The SMILES string of the molecule is O=C(Nc1ccccc1O)C1CCN(C(=O)C2(c3ccc(Br)cc3)CC2)CC1. The van der Waals surface area contributed by atoms with E-state index in [4.69, 9.17) is 0 Å². The van der Waals surface area contributed by atoms with Crippen molar-refractivity contribution in [1.82, 2.24) is 4.90 Å². The maximum absolute atomic E-state index is 13.2. The average molecular weight is 443 g/mol. The summed E-state index contributed by atoms with van der Waals surface area (Å²) in [6.07, 6.45) is 3.06. The van der Waals surface area contributed by atoms with Crippen LogP contribution in [0.2, 0.25) is 0 Å². The number of anilines is 1. The molecular formula is C22H23BrN2O3. The molecule has 0 radical (unpaired) electrons. The number of carbonyl (C=O) groups is 2. The van der Waals surface area contributed by atoms with Crippen LogP contribution in [-0.4, -0.2) is 34.9 Å². The predicted octanol–water partition coefficient (Wildman–Crippen LogP) is 4.06. The van der Waals surface area contributed by atoms with E-state index in [1.807, 2.05) is 29.2 Å². The number of phenolic OH excluding ortho intramolecular Hbond substituents is 1. The number of hydrogen-bond donors (Lipinski definition) is 2. The van der Waals surface area contributed by atoms with Gasteiger partial charge in [0.15, 0.2) is 0 Å². The first-order valence-corrected chi connectivity index (χ1v) is 10.4. The van der Waals surface area contributed by atoms with Gasteiger partial charge in [0.25, 0.3) is 0 Å². The van der Waals surface area contributed by atoms with Gasteiger partial charge in [0.1, 0.15) is 5.75 Å². The number of rotatable bonds is 4. The maximum atomic E-state index is 13.2. The number of para-hydroxylation sites is 2. The van der Waals surface area contributed by atoms with Gasteiger partial charge in [-0.1, -0.05) is 40.2 Å². The number of benzene rings is 2. The topological polar surface area (TPSA) is 69.6 Å². The van der Waals surface area contributed by atoms with E-state index in [1.165, 1.54) is 0 Å². The summed E-state index contributed by atoms with van der Waals surface area (Å²) in [5, 5.41) is 12.6. The van der Waals surface area contributed by atoms with E-state index in [0.29, 0.717) is 31.6 Å². The van der Waals surface area contributed by atoms with Gasteiger partial charge in [-0.15, -0.1) is 0 Å². The Morgan fingerprint density at radius 1 is 1.04 bits per heavy atom. The van der Waals surface area contributed by atoms with Gasteiger partial charge in [-0.25, -0.2) is 0 Å². The summed E-state index contributed by atoms with van der Waals surface area (Å²) in [5.74, 6) is 0.0113. The molecule has 4 rings (SSSR count). The molecule has 0 unspecified atom stereocenters. The summed E-state index contributed by atoms with van der Waals surface area (Å²) in [6.45, 7) is 1.19. The second kappa shape index (κ2) is 7.59. The number of phenols is 1. The number of nitrogens with zero attached hydrogens (tertiary/aromatic N) is 1. The Kier molecular flexibility index (Phi) is 5.15. The molecule has 0 bridgehead atoms. The summed E-state index contributed by atoms with van der Waals surface area (Å²) in [4.78, 5) is 27.6. The second-order valence-electron chi connectivity index (χ2n) is 7.66. The van der Waals surface area contributed by atoms with Crippen LogP contribution < -0.4 is 5.32 Å². The van der Waals surface area contributed by atoms with Crippen LogP contribution in [0.4, 0.5) is 5.69 Å². The van der Waals surface area contributed by atoms with E-state index < -0.39 is 0 Å². The summed E-state index contributed by atoms with van der Waals surface area (Å²) >= 11 is 3.45. The monoisotopic (exact) mass is 442 g/mol. The Balaban J connectivity index is 1.36. The highest BCUT2D eigenvalue weighted by Crippen LogP contribution is 2.50. The van der Waals surface area contributed by atoms with Gasteiger partial charge in [-0.05, 0) is 55.5 Å². The van der Waals surface area contributed by atoms with Crippen LogP contribution in [0.15, 0.2) is 53.0 Å². The molecule has 1 aliphatic carbocycles. The molecular weight excluding hydrogens is 420 g/mol. The second-order valence-corrected chi connectivity index (χ2v) is 8.58. The van der Waals surface area contributed by atoms with Crippen LogP contribution in [0.3, 0.4) is 0 Å². The fraction of sp³-hybridized carbons (Fsp3) is 0.364.